The van der Waals surface area contributed by atoms with E-state index in [1.807, 2.05) is 0 Å². The van der Waals surface area contributed by atoms with Gasteiger partial charge in [-0.2, -0.15) is 9.61 Å². The summed E-state index contributed by atoms with van der Waals surface area (Å²) in [6.07, 6.45) is 4.58. The van der Waals surface area contributed by atoms with Crippen LogP contribution >= 0.6 is 11.8 Å². The summed E-state index contributed by atoms with van der Waals surface area (Å²) < 4.78 is 27.2. The zero-order valence-corrected chi connectivity index (χ0v) is 13.5. The highest BCUT2D eigenvalue weighted by Crippen LogP contribution is 2.32. The van der Waals surface area contributed by atoms with Crippen molar-refractivity contribution in [2.24, 2.45) is 0 Å². The lowest BCUT2D eigenvalue weighted by molar-refractivity contribution is 0.594. The number of pyridine rings is 1. The second kappa shape index (κ2) is 5.25. The van der Waals surface area contributed by atoms with Crippen LogP contribution < -0.4 is 5.73 Å². The molecule has 0 saturated heterocycles. The Hall–Kier alpha value is -2.13. The number of rotatable bonds is 3. The molecular formula is C13H13N5O2S2. The van der Waals surface area contributed by atoms with Gasteiger partial charge >= 0.3 is 0 Å². The number of sulfone groups is 1. The van der Waals surface area contributed by atoms with E-state index in [1.54, 1.807) is 25.3 Å². The zero-order chi connectivity index (χ0) is 15.9. The van der Waals surface area contributed by atoms with Gasteiger partial charge in [0.2, 0.25) is 9.84 Å². The Bertz CT molecular complexity index is 951. The van der Waals surface area contributed by atoms with Crippen LogP contribution in [-0.4, -0.2) is 34.3 Å². The van der Waals surface area contributed by atoms with E-state index in [-0.39, 0.29) is 15.4 Å². The van der Waals surface area contributed by atoms with Crippen molar-refractivity contribution in [1.29, 1.82) is 0 Å². The molecule has 0 aliphatic rings. The Labute approximate surface area is 131 Å². The minimum atomic E-state index is -3.78. The van der Waals surface area contributed by atoms with Gasteiger partial charge in [-0.1, -0.05) is 0 Å². The number of aryl methyl sites for hydroxylation is 1. The Morgan fingerprint density at radius 2 is 2.14 bits per heavy atom. The number of thioether (sulfide) groups is 1. The molecule has 3 rings (SSSR count). The lowest BCUT2D eigenvalue weighted by Crippen LogP contribution is -2.05. The second-order valence-corrected chi connectivity index (χ2v) is 7.27. The summed E-state index contributed by atoms with van der Waals surface area (Å²) in [6, 6.07) is 4.71. The molecule has 0 fully saturated rings. The molecule has 9 heteroatoms. The number of aromatic nitrogens is 4. The molecule has 0 aromatic carbocycles. The van der Waals surface area contributed by atoms with E-state index < -0.39 is 9.84 Å². The third kappa shape index (κ3) is 2.22. The predicted molar refractivity (Wildman–Crippen MR) is 83.6 cm³/mol. The molecule has 3 aromatic rings. The molecule has 0 amide bonds. The van der Waals surface area contributed by atoms with Gasteiger partial charge in [0.15, 0.2) is 10.5 Å². The van der Waals surface area contributed by atoms with Crippen LogP contribution in [0.2, 0.25) is 0 Å². The summed E-state index contributed by atoms with van der Waals surface area (Å²) in [4.78, 5) is 8.34. The fraction of sp³-hybridized carbons (Fsp3) is 0.154. The second-order valence-electron chi connectivity index (χ2n) is 4.59. The van der Waals surface area contributed by atoms with Crippen LogP contribution in [0.15, 0.2) is 45.4 Å². The summed E-state index contributed by atoms with van der Waals surface area (Å²) in [5, 5.41) is 4.61. The maximum absolute atomic E-state index is 12.9. The number of nitrogens with two attached hydrogens (primary N) is 1. The third-order valence-corrected chi connectivity index (χ3v) is 5.66. The van der Waals surface area contributed by atoms with Gasteiger partial charge in [-0.15, -0.1) is 11.8 Å². The molecule has 0 radical (unpaired) electrons. The first-order chi connectivity index (χ1) is 10.4. The molecule has 2 N–H and O–H groups in total. The van der Waals surface area contributed by atoms with Crippen LogP contribution in [0.1, 0.15) is 5.69 Å². The summed E-state index contributed by atoms with van der Waals surface area (Å²) in [5.74, 6) is 0.338. The van der Waals surface area contributed by atoms with Gasteiger partial charge < -0.3 is 5.73 Å². The van der Waals surface area contributed by atoms with Crippen molar-refractivity contribution in [3.8, 4) is 0 Å². The van der Waals surface area contributed by atoms with Crippen molar-refractivity contribution in [2.45, 2.75) is 21.7 Å². The standard InChI is InChI=1S/C13H13N5O2S2/c1-8-6-10(14)18-12(16-8)11(13(17-18)21-2)22(19,20)9-4-3-5-15-7-9/h3-7H,14H2,1-2H3. The normalized spacial score (nSPS) is 11.9. The first-order valence-corrected chi connectivity index (χ1v) is 9.01. The van der Waals surface area contributed by atoms with Crippen LogP contribution in [0.4, 0.5) is 5.82 Å². The predicted octanol–water partition coefficient (Wildman–Crippen LogP) is 1.57. The van der Waals surface area contributed by atoms with Crippen LogP contribution in [0.3, 0.4) is 0 Å². The Balaban J connectivity index is 2.40. The molecule has 3 aromatic heterocycles. The number of anilines is 1. The Kier molecular flexibility index (Phi) is 3.53. The molecule has 0 bridgehead atoms. The van der Waals surface area contributed by atoms with E-state index in [4.69, 9.17) is 5.73 Å². The number of nitrogen functional groups attached to an aromatic ring is 1. The van der Waals surface area contributed by atoms with Crippen molar-refractivity contribution in [1.82, 2.24) is 19.6 Å². The summed E-state index contributed by atoms with van der Waals surface area (Å²) in [5.41, 5.74) is 6.77. The van der Waals surface area contributed by atoms with Gasteiger partial charge in [0.05, 0.1) is 4.90 Å². The number of hydrogen-bond acceptors (Lipinski definition) is 7. The van der Waals surface area contributed by atoms with E-state index in [0.29, 0.717) is 16.5 Å². The Morgan fingerprint density at radius 3 is 2.77 bits per heavy atom. The zero-order valence-electron chi connectivity index (χ0n) is 11.9. The van der Waals surface area contributed by atoms with Crippen molar-refractivity contribution in [3.63, 3.8) is 0 Å². The molecule has 0 aliphatic carbocycles. The SMILES string of the molecule is CSc1nn2c(N)cc(C)nc2c1S(=O)(=O)c1cccnc1. The smallest absolute Gasteiger partial charge is 0.214 e. The highest BCUT2D eigenvalue weighted by atomic mass is 32.2. The maximum Gasteiger partial charge on any atom is 0.214 e. The highest BCUT2D eigenvalue weighted by Gasteiger charge is 2.29. The number of fused-ring (bicyclic) bond motifs is 1. The number of hydrogen-bond donors (Lipinski definition) is 1. The van der Waals surface area contributed by atoms with E-state index in [0.717, 1.165) is 0 Å². The fourth-order valence-corrected chi connectivity index (χ4v) is 4.48. The third-order valence-electron chi connectivity index (χ3n) is 3.08. The van der Waals surface area contributed by atoms with Crippen LogP contribution in [-0.2, 0) is 9.84 Å². The Morgan fingerprint density at radius 1 is 1.36 bits per heavy atom. The molecule has 22 heavy (non-hydrogen) atoms. The van der Waals surface area contributed by atoms with E-state index in [2.05, 4.69) is 15.1 Å². The van der Waals surface area contributed by atoms with Gasteiger partial charge in [-0.3, -0.25) is 4.98 Å². The topological polar surface area (TPSA) is 103 Å². The summed E-state index contributed by atoms with van der Waals surface area (Å²) >= 11 is 1.23. The van der Waals surface area contributed by atoms with E-state index in [1.165, 1.54) is 34.7 Å². The minimum absolute atomic E-state index is 0.0587. The molecule has 0 saturated carbocycles. The van der Waals surface area contributed by atoms with E-state index in [9.17, 15) is 8.42 Å². The molecule has 0 aliphatic heterocycles. The highest BCUT2D eigenvalue weighted by molar-refractivity contribution is 7.99. The average Bonchev–Trinajstić information content (AvgIpc) is 2.87. The molecular weight excluding hydrogens is 322 g/mol. The van der Waals surface area contributed by atoms with Crippen LogP contribution in [0.5, 0.6) is 0 Å². The van der Waals surface area contributed by atoms with Crippen molar-refractivity contribution < 1.29 is 8.42 Å². The van der Waals surface area contributed by atoms with Crippen molar-refractivity contribution in [2.75, 3.05) is 12.0 Å². The van der Waals surface area contributed by atoms with Gasteiger partial charge in [0.1, 0.15) is 10.8 Å². The fourth-order valence-electron chi connectivity index (χ4n) is 2.12. The monoisotopic (exact) mass is 335 g/mol. The average molecular weight is 335 g/mol. The van der Waals surface area contributed by atoms with Gasteiger partial charge in [0.25, 0.3) is 0 Å². The molecule has 7 nitrogen and oxygen atoms in total. The molecule has 0 spiro atoms. The van der Waals surface area contributed by atoms with Crippen molar-refractivity contribution >= 4 is 33.1 Å². The minimum Gasteiger partial charge on any atom is -0.384 e. The van der Waals surface area contributed by atoms with Crippen LogP contribution in [0.25, 0.3) is 5.65 Å². The largest absolute Gasteiger partial charge is 0.384 e. The molecule has 114 valence electrons. The lowest BCUT2D eigenvalue weighted by atomic mass is 10.4. The van der Waals surface area contributed by atoms with Gasteiger partial charge in [-0.05, 0) is 25.3 Å². The van der Waals surface area contributed by atoms with Crippen LogP contribution in [0, 0.1) is 6.92 Å². The lowest BCUT2D eigenvalue weighted by Gasteiger charge is -2.04. The quantitative estimate of drug-likeness (QED) is 0.725. The maximum atomic E-state index is 12.9. The summed E-state index contributed by atoms with van der Waals surface area (Å²) in [6.45, 7) is 1.75. The van der Waals surface area contributed by atoms with E-state index >= 15 is 0 Å². The first-order valence-electron chi connectivity index (χ1n) is 6.30. The molecule has 0 unspecified atom stereocenters. The number of nitrogens with zero attached hydrogens (tertiary/aromatic N) is 4. The first kappa shape index (κ1) is 14.8. The van der Waals surface area contributed by atoms with Gasteiger partial charge in [-0.25, -0.2) is 13.4 Å². The molecule has 0 atom stereocenters. The molecule has 3 heterocycles. The van der Waals surface area contributed by atoms with Gasteiger partial charge in [0, 0.05) is 24.2 Å². The summed E-state index contributed by atoms with van der Waals surface area (Å²) in [7, 11) is -3.78. The van der Waals surface area contributed by atoms with Crippen molar-refractivity contribution in [3.05, 3.63) is 36.3 Å².